The summed E-state index contributed by atoms with van der Waals surface area (Å²) in [6, 6.07) is 97.2. The van der Waals surface area contributed by atoms with Gasteiger partial charge in [0.1, 0.15) is 11.2 Å². The average Bonchev–Trinajstić information content (AvgIpc) is 4.09. The molecule has 1 aliphatic carbocycles. The average molecular weight is 893 g/mol. The van der Waals surface area contributed by atoms with Gasteiger partial charge in [-0.05, 0) is 117 Å². The zero-order valence-electron chi connectivity index (χ0n) is 38.2. The molecule has 11 aromatic carbocycles. The van der Waals surface area contributed by atoms with Gasteiger partial charge in [0.25, 0.3) is 0 Å². The van der Waals surface area contributed by atoms with Crippen molar-refractivity contribution in [2.24, 2.45) is 0 Å². The van der Waals surface area contributed by atoms with Crippen molar-refractivity contribution in [2.45, 2.75) is 5.41 Å². The predicted molar refractivity (Wildman–Crippen MR) is 291 cm³/mol. The standard InChI is InChI=1S/C67H44N2O/c1-3-18-48(19-4-1)67(49-20-5-2-6-21-49)61-29-11-7-23-55(61)60-44-53(41-42-62(60)67)68(51-39-35-46(36-40-51)54-27-16-28-59-58-26-10-14-32-65(58)70-66(54)59)50-37-33-45(34-38-50)47-17-15-22-52(43-47)69-63-30-12-8-24-56(63)57-25-9-13-31-64(57)69/h1-44H. The van der Waals surface area contributed by atoms with E-state index in [1.54, 1.807) is 0 Å². The van der Waals surface area contributed by atoms with Crippen molar-refractivity contribution in [3.63, 3.8) is 0 Å². The number of fused-ring (bicyclic) bond motifs is 9. The SMILES string of the molecule is c1ccc(C2(c3ccccc3)c3ccccc3-c3cc(N(c4ccc(-c5cccc(-n6c7ccccc7c7ccccc76)c5)cc4)c4ccc(-c5cccc6c5oc5ccccc56)cc4)ccc32)cc1. The van der Waals surface area contributed by atoms with Crippen molar-refractivity contribution in [2.75, 3.05) is 4.90 Å². The molecule has 0 unspecified atom stereocenters. The lowest BCUT2D eigenvalue weighted by atomic mass is 9.68. The molecule has 0 fully saturated rings. The molecule has 0 saturated carbocycles. The molecule has 14 rings (SSSR count). The quantitative estimate of drug-likeness (QED) is 0.152. The maximum absolute atomic E-state index is 6.51. The van der Waals surface area contributed by atoms with Crippen LogP contribution in [0.1, 0.15) is 22.3 Å². The highest BCUT2D eigenvalue weighted by atomic mass is 16.3. The lowest BCUT2D eigenvalue weighted by Gasteiger charge is -2.34. The van der Waals surface area contributed by atoms with Crippen LogP contribution in [0.5, 0.6) is 0 Å². The molecule has 0 spiro atoms. The van der Waals surface area contributed by atoms with Crippen LogP contribution in [-0.2, 0) is 5.41 Å². The third kappa shape index (κ3) is 6.08. The smallest absolute Gasteiger partial charge is 0.143 e. The Balaban J connectivity index is 0.912. The summed E-state index contributed by atoms with van der Waals surface area (Å²) in [4.78, 5) is 2.40. The molecular formula is C67H44N2O. The molecule has 0 radical (unpaired) electrons. The van der Waals surface area contributed by atoms with E-state index < -0.39 is 5.41 Å². The number of rotatable bonds is 8. The number of furan rings is 1. The first-order valence-electron chi connectivity index (χ1n) is 24.1. The largest absolute Gasteiger partial charge is 0.455 e. The molecule has 328 valence electrons. The van der Waals surface area contributed by atoms with Crippen LogP contribution in [-0.4, -0.2) is 4.57 Å². The van der Waals surface area contributed by atoms with Crippen LogP contribution in [0.2, 0.25) is 0 Å². The third-order valence-corrected chi connectivity index (χ3v) is 14.7. The van der Waals surface area contributed by atoms with Gasteiger partial charge in [-0.2, -0.15) is 0 Å². The van der Waals surface area contributed by atoms with E-state index in [4.69, 9.17) is 4.42 Å². The normalized spacial score (nSPS) is 12.7. The summed E-state index contributed by atoms with van der Waals surface area (Å²) in [6.07, 6.45) is 0. The van der Waals surface area contributed by atoms with Crippen molar-refractivity contribution in [1.29, 1.82) is 0 Å². The van der Waals surface area contributed by atoms with Crippen LogP contribution in [0.4, 0.5) is 17.1 Å². The summed E-state index contributed by atoms with van der Waals surface area (Å²) < 4.78 is 8.90. The van der Waals surface area contributed by atoms with Crippen LogP contribution in [0.25, 0.3) is 82.8 Å². The number of hydrogen-bond donors (Lipinski definition) is 0. The minimum atomic E-state index is -0.480. The van der Waals surface area contributed by atoms with Gasteiger partial charge in [-0.25, -0.2) is 0 Å². The molecule has 0 N–H and O–H groups in total. The van der Waals surface area contributed by atoms with E-state index in [0.29, 0.717) is 0 Å². The van der Waals surface area contributed by atoms with E-state index in [-0.39, 0.29) is 0 Å². The van der Waals surface area contributed by atoms with E-state index in [9.17, 15) is 0 Å². The molecule has 3 heteroatoms. The maximum Gasteiger partial charge on any atom is 0.143 e. The molecule has 70 heavy (non-hydrogen) atoms. The Morgan fingerprint density at radius 2 is 0.857 bits per heavy atom. The fraction of sp³-hybridized carbons (Fsp3) is 0.0149. The Hall–Kier alpha value is -9.18. The van der Waals surface area contributed by atoms with Gasteiger partial charge in [-0.1, -0.05) is 200 Å². The lowest BCUT2D eigenvalue weighted by molar-refractivity contribution is 0.670. The number of anilines is 3. The van der Waals surface area contributed by atoms with Gasteiger partial charge in [0.05, 0.1) is 16.4 Å². The highest BCUT2D eigenvalue weighted by molar-refractivity contribution is 6.10. The van der Waals surface area contributed by atoms with Crippen LogP contribution in [0.15, 0.2) is 271 Å². The highest BCUT2D eigenvalue weighted by Gasteiger charge is 2.46. The third-order valence-electron chi connectivity index (χ3n) is 14.7. The number of aromatic nitrogens is 1. The molecule has 2 aromatic heterocycles. The Labute approximate surface area is 406 Å². The molecule has 13 aromatic rings. The number of para-hydroxylation sites is 4. The summed E-state index contributed by atoms with van der Waals surface area (Å²) >= 11 is 0. The van der Waals surface area contributed by atoms with Crippen molar-refractivity contribution >= 4 is 60.8 Å². The van der Waals surface area contributed by atoms with Crippen molar-refractivity contribution in [3.8, 4) is 39.1 Å². The Kier molecular flexibility index (Phi) is 9.11. The van der Waals surface area contributed by atoms with Crippen LogP contribution in [0.3, 0.4) is 0 Å². The summed E-state index contributed by atoms with van der Waals surface area (Å²) in [5, 5.41) is 4.77. The first-order valence-corrected chi connectivity index (χ1v) is 24.1. The van der Waals surface area contributed by atoms with E-state index in [1.165, 1.54) is 55.2 Å². The fourth-order valence-electron chi connectivity index (χ4n) is 11.6. The second-order valence-electron chi connectivity index (χ2n) is 18.4. The van der Waals surface area contributed by atoms with Gasteiger partial charge >= 0.3 is 0 Å². The molecular weight excluding hydrogens is 849 g/mol. The molecule has 2 heterocycles. The van der Waals surface area contributed by atoms with E-state index >= 15 is 0 Å². The minimum absolute atomic E-state index is 0.480. The summed E-state index contributed by atoms with van der Waals surface area (Å²) in [6.45, 7) is 0. The first kappa shape index (κ1) is 39.9. The maximum atomic E-state index is 6.51. The van der Waals surface area contributed by atoms with E-state index in [1.807, 2.05) is 12.1 Å². The molecule has 0 aliphatic heterocycles. The molecule has 0 atom stereocenters. The number of benzene rings is 11. The van der Waals surface area contributed by atoms with Gasteiger partial charge < -0.3 is 13.9 Å². The minimum Gasteiger partial charge on any atom is -0.455 e. The first-order chi connectivity index (χ1) is 34.7. The molecule has 0 saturated heterocycles. The van der Waals surface area contributed by atoms with Crippen LogP contribution < -0.4 is 4.90 Å². The second-order valence-corrected chi connectivity index (χ2v) is 18.4. The highest BCUT2D eigenvalue weighted by Crippen LogP contribution is 2.57. The number of hydrogen-bond acceptors (Lipinski definition) is 2. The Morgan fingerprint density at radius 3 is 1.56 bits per heavy atom. The van der Waals surface area contributed by atoms with Gasteiger partial charge in [-0.3, -0.25) is 0 Å². The van der Waals surface area contributed by atoms with Crippen LogP contribution in [0, 0.1) is 0 Å². The monoisotopic (exact) mass is 892 g/mol. The zero-order valence-corrected chi connectivity index (χ0v) is 38.2. The summed E-state index contributed by atoms with van der Waals surface area (Å²) in [7, 11) is 0. The van der Waals surface area contributed by atoms with E-state index in [0.717, 1.165) is 66.9 Å². The summed E-state index contributed by atoms with van der Waals surface area (Å²) in [5.41, 5.74) is 20.1. The Morgan fingerprint density at radius 1 is 0.329 bits per heavy atom. The predicted octanol–water partition coefficient (Wildman–Crippen LogP) is 17.8. The van der Waals surface area contributed by atoms with E-state index in [2.05, 4.69) is 264 Å². The van der Waals surface area contributed by atoms with Crippen LogP contribution >= 0.6 is 0 Å². The van der Waals surface area contributed by atoms with Crippen molar-refractivity contribution in [1.82, 2.24) is 4.57 Å². The Bertz CT molecular complexity index is 4020. The number of nitrogens with zero attached hydrogens (tertiary/aromatic N) is 2. The molecule has 0 bridgehead atoms. The van der Waals surface area contributed by atoms with Crippen molar-refractivity contribution in [3.05, 3.63) is 289 Å². The van der Waals surface area contributed by atoms with Gasteiger partial charge in [0, 0.05) is 49.9 Å². The fourth-order valence-corrected chi connectivity index (χ4v) is 11.6. The molecule has 1 aliphatic rings. The summed E-state index contributed by atoms with van der Waals surface area (Å²) in [5.74, 6) is 0. The van der Waals surface area contributed by atoms with Gasteiger partial charge in [0.2, 0.25) is 0 Å². The van der Waals surface area contributed by atoms with Gasteiger partial charge in [-0.15, -0.1) is 0 Å². The lowest BCUT2D eigenvalue weighted by Crippen LogP contribution is -2.28. The zero-order chi connectivity index (χ0) is 46.2. The molecule has 3 nitrogen and oxygen atoms in total. The van der Waals surface area contributed by atoms with Crippen molar-refractivity contribution < 1.29 is 4.42 Å². The van der Waals surface area contributed by atoms with Gasteiger partial charge in [0.15, 0.2) is 0 Å². The topological polar surface area (TPSA) is 21.3 Å². The second kappa shape index (κ2) is 16.0. The molecule has 0 amide bonds.